The van der Waals surface area contributed by atoms with E-state index in [2.05, 4.69) is 54.8 Å². The van der Waals surface area contributed by atoms with E-state index < -0.39 is 0 Å². The smallest absolute Gasteiger partial charge is 0.193 e. The molecule has 2 aliphatic rings. The Morgan fingerprint density at radius 1 is 1.39 bits per heavy atom. The van der Waals surface area contributed by atoms with E-state index in [1.165, 1.54) is 14.2 Å². The van der Waals surface area contributed by atoms with Gasteiger partial charge in [0.05, 0.1) is 16.1 Å². The fourth-order valence-electron chi connectivity index (χ4n) is 3.29. The van der Waals surface area contributed by atoms with E-state index in [0.717, 1.165) is 58.3 Å². The van der Waals surface area contributed by atoms with Gasteiger partial charge in [-0.25, -0.2) is 0 Å². The van der Waals surface area contributed by atoms with E-state index in [-0.39, 0.29) is 0 Å². The van der Waals surface area contributed by atoms with Gasteiger partial charge in [-0.3, -0.25) is 9.89 Å². The number of likely N-dealkylation sites (tertiary alicyclic amines) is 1. The summed E-state index contributed by atoms with van der Waals surface area (Å²) < 4.78 is 6.82. The Labute approximate surface area is 156 Å². The van der Waals surface area contributed by atoms with Crippen LogP contribution in [0.2, 0.25) is 0 Å². The number of hydrogen-bond acceptors (Lipinski definition) is 4. The molecule has 0 saturated carbocycles. The first kappa shape index (κ1) is 17.4. The summed E-state index contributed by atoms with van der Waals surface area (Å²) in [6.45, 7) is 7.02. The summed E-state index contributed by atoms with van der Waals surface area (Å²) in [6.07, 6.45) is 2.29. The molecule has 1 N–H and O–H groups in total. The number of aliphatic imine (C=N–C) groups is 1. The number of thiophene rings is 1. The number of halogens is 1. The topological polar surface area (TPSA) is 40.1 Å². The van der Waals surface area contributed by atoms with Gasteiger partial charge in [0.15, 0.2) is 5.96 Å². The molecule has 23 heavy (non-hydrogen) atoms. The number of guanidine groups is 1. The van der Waals surface area contributed by atoms with Gasteiger partial charge in [-0.2, -0.15) is 0 Å². The highest BCUT2D eigenvalue weighted by Crippen LogP contribution is 2.19. The molecule has 1 unspecified atom stereocenters. The average Bonchev–Trinajstić information content (AvgIpc) is 3.22. The first-order chi connectivity index (χ1) is 11.3. The summed E-state index contributed by atoms with van der Waals surface area (Å²) in [5.74, 6) is 1.05. The molecule has 2 aliphatic heterocycles. The monoisotopic (exact) mass is 448 g/mol. The molecule has 0 amide bonds. The molecule has 2 fully saturated rings. The van der Waals surface area contributed by atoms with Gasteiger partial charge in [-0.05, 0) is 47.6 Å². The number of rotatable bonds is 4. The lowest BCUT2D eigenvalue weighted by Gasteiger charge is -2.32. The fraction of sp³-hybridized carbons (Fsp3) is 0.688. The van der Waals surface area contributed by atoms with E-state index in [1.807, 2.05) is 18.4 Å². The van der Waals surface area contributed by atoms with Gasteiger partial charge in [0, 0.05) is 50.7 Å². The average molecular weight is 448 g/mol. The SMILES string of the molecule is CN=C(NCCc1ccc(I)s1)N1CCC(N2CCOCC2)C1. The lowest BCUT2D eigenvalue weighted by atomic mass is 10.2. The Balaban J connectivity index is 1.45. The van der Waals surface area contributed by atoms with Crippen LogP contribution in [0.1, 0.15) is 11.3 Å². The zero-order chi connectivity index (χ0) is 16.1. The fourth-order valence-corrected chi connectivity index (χ4v) is 5.05. The van der Waals surface area contributed by atoms with Crippen molar-refractivity contribution in [2.75, 3.05) is 53.0 Å². The summed E-state index contributed by atoms with van der Waals surface area (Å²) in [5, 5.41) is 3.53. The van der Waals surface area contributed by atoms with Crippen LogP contribution in [0.3, 0.4) is 0 Å². The van der Waals surface area contributed by atoms with Gasteiger partial charge >= 0.3 is 0 Å². The van der Waals surface area contributed by atoms with E-state index in [9.17, 15) is 0 Å². The highest BCUT2D eigenvalue weighted by Gasteiger charge is 2.30. The summed E-state index contributed by atoms with van der Waals surface area (Å²) in [4.78, 5) is 10.9. The van der Waals surface area contributed by atoms with Crippen LogP contribution in [0.25, 0.3) is 0 Å². The Kier molecular flexibility index (Phi) is 6.55. The maximum absolute atomic E-state index is 5.46. The van der Waals surface area contributed by atoms with Gasteiger partial charge in [0.1, 0.15) is 0 Å². The maximum atomic E-state index is 5.46. The number of morpholine rings is 1. The van der Waals surface area contributed by atoms with Crippen LogP contribution in [0.4, 0.5) is 0 Å². The minimum atomic E-state index is 0.649. The first-order valence-corrected chi connectivity index (χ1v) is 10.2. The van der Waals surface area contributed by atoms with Crippen molar-refractivity contribution in [1.82, 2.24) is 15.1 Å². The van der Waals surface area contributed by atoms with Crippen molar-refractivity contribution in [3.8, 4) is 0 Å². The second kappa shape index (κ2) is 8.64. The lowest BCUT2D eigenvalue weighted by Crippen LogP contribution is -2.46. The molecule has 5 nitrogen and oxygen atoms in total. The molecule has 0 radical (unpaired) electrons. The quantitative estimate of drug-likeness (QED) is 0.434. The van der Waals surface area contributed by atoms with Gasteiger partial charge in [-0.15, -0.1) is 11.3 Å². The molecule has 3 heterocycles. The van der Waals surface area contributed by atoms with E-state index in [1.54, 1.807) is 0 Å². The second-order valence-corrected chi connectivity index (χ2v) is 9.03. The third kappa shape index (κ3) is 4.80. The molecule has 0 aliphatic carbocycles. The molecule has 128 valence electrons. The van der Waals surface area contributed by atoms with Gasteiger partial charge < -0.3 is 15.0 Å². The number of nitrogens with zero attached hydrogens (tertiary/aromatic N) is 3. The molecule has 0 aromatic carbocycles. The molecular formula is C16H25IN4OS. The summed E-state index contributed by atoms with van der Waals surface area (Å²) in [6, 6.07) is 5.06. The predicted octanol–water partition coefficient (Wildman–Crippen LogP) is 1.88. The van der Waals surface area contributed by atoms with Gasteiger partial charge in [0.2, 0.25) is 0 Å². The molecule has 1 aromatic heterocycles. The van der Waals surface area contributed by atoms with Crippen molar-refractivity contribution in [3.05, 3.63) is 19.9 Å². The Morgan fingerprint density at radius 2 is 2.22 bits per heavy atom. The molecule has 3 rings (SSSR count). The first-order valence-electron chi connectivity index (χ1n) is 8.28. The van der Waals surface area contributed by atoms with Crippen LogP contribution < -0.4 is 5.32 Å². The third-order valence-electron chi connectivity index (χ3n) is 4.52. The van der Waals surface area contributed by atoms with Crippen LogP contribution in [0.5, 0.6) is 0 Å². The van der Waals surface area contributed by atoms with Crippen LogP contribution in [-0.2, 0) is 11.2 Å². The molecule has 7 heteroatoms. The van der Waals surface area contributed by atoms with Gasteiger partial charge in [-0.1, -0.05) is 0 Å². The van der Waals surface area contributed by atoms with Crippen LogP contribution in [0.15, 0.2) is 17.1 Å². The molecule has 0 spiro atoms. The van der Waals surface area contributed by atoms with Crippen molar-refractivity contribution in [3.63, 3.8) is 0 Å². The zero-order valence-electron chi connectivity index (χ0n) is 13.6. The van der Waals surface area contributed by atoms with Gasteiger partial charge in [0.25, 0.3) is 0 Å². The standard InChI is InChI=1S/C16H25IN4OS/c1-18-16(19-6-4-14-2-3-15(17)23-14)21-7-5-13(12-21)20-8-10-22-11-9-20/h2-3,13H,4-12H2,1H3,(H,18,19). The Morgan fingerprint density at radius 3 is 2.91 bits per heavy atom. The van der Waals surface area contributed by atoms with Crippen molar-refractivity contribution in [2.24, 2.45) is 4.99 Å². The summed E-state index contributed by atoms with van der Waals surface area (Å²) in [5.41, 5.74) is 0. The van der Waals surface area contributed by atoms with Crippen molar-refractivity contribution in [1.29, 1.82) is 0 Å². The summed E-state index contributed by atoms with van der Waals surface area (Å²) >= 11 is 4.25. The lowest BCUT2D eigenvalue weighted by molar-refractivity contribution is 0.0195. The molecule has 2 saturated heterocycles. The number of ether oxygens (including phenoxy) is 1. The highest BCUT2D eigenvalue weighted by molar-refractivity contribution is 14.1. The Bertz CT molecular complexity index is 530. The third-order valence-corrected chi connectivity index (χ3v) is 6.47. The van der Waals surface area contributed by atoms with Crippen LogP contribution in [0, 0.1) is 2.88 Å². The Hall–Kier alpha value is -0.380. The minimum Gasteiger partial charge on any atom is -0.379 e. The van der Waals surface area contributed by atoms with Crippen molar-refractivity contribution >= 4 is 39.9 Å². The van der Waals surface area contributed by atoms with Crippen molar-refractivity contribution in [2.45, 2.75) is 18.9 Å². The number of hydrogen-bond donors (Lipinski definition) is 1. The van der Waals surface area contributed by atoms with E-state index in [0.29, 0.717) is 6.04 Å². The largest absolute Gasteiger partial charge is 0.379 e. The predicted molar refractivity (Wildman–Crippen MR) is 104 cm³/mol. The minimum absolute atomic E-state index is 0.649. The molecule has 0 bridgehead atoms. The maximum Gasteiger partial charge on any atom is 0.193 e. The van der Waals surface area contributed by atoms with Crippen LogP contribution in [-0.4, -0.2) is 74.8 Å². The normalized spacial score (nSPS) is 23.5. The summed E-state index contributed by atoms with van der Waals surface area (Å²) in [7, 11) is 1.89. The second-order valence-electron chi connectivity index (χ2n) is 5.97. The molecular weight excluding hydrogens is 423 g/mol. The molecule has 1 aromatic rings. The van der Waals surface area contributed by atoms with E-state index in [4.69, 9.17) is 4.74 Å². The van der Waals surface area contributed by atoms with Crippen LogP contribution >= 0.6 is 33.9 Å². The molecule has 1 atom stereocenters. The van der Waals surface area contributed by atoms with E-state index >= 15 is 0 Å². The highest BCUT2D eigenvalue weighted by atomic mass is 127. The number of nitrogens with one attached hydrogen (secondary N) is 1. The zero-order valence-corrected chi connectivity index (χ0v) is 16.6. The van der Waals surface area contributed by atoms with Crippen molar-refractivity contribution < 1.29 is 4.74 Å².